The third kappa shape index (κ3) is 5.65. The zero-order valence-corrected chi connectivity index (χ0v) is 18.5. The van der Waals surface area contributed by atoms with Crippen molar-refractivity contribution in [3.05, 3.63) is 51.4 Å². The molecule has 2 rings (SSSR count). The van der Waals surface area contributed by atoms with Gasteiger partial charge >= 0.3 is 18.1 Å². The Balaban J connectivity index is 2.35. The summed E-state index contributed by atoms with van der Waals surface area (Å²) in [6.45, 7) is 3.33. The van der Waals surface area contributed by atoms with Crippen LogP contribution in [0.3, 0.4) is 0 Å². The van der Waals surface area contributed by atoms with E-state index in [9.17, 15) is 27.6 Å². The van der Waals surface area contributed by atoms with Gasteiger partial charge in [0.05, 0.1) is 24.2 Å². The first-order valence-electron chi connectivity index (χ1n) is 9.62. The van der Waals surface area contributed by atoms with Crippen LogP contribution in [0.2, 0.25) is 0 Å². The lowest BCUT2D eigenvalue weighted by molar-refractivity contribution is -0.137. The topological polar surface area (TPSA) is 108 Å². The number of rotatable bonds is 8. The Labute approximate surface area is 186 Å². The van der Waals surface area contributed by atoms with Crippen LogP contribution in [0.15, 0.2) is 24.3 Å². The minimum absolute atomic E-state index is 0.00724. The van der Waals surface area contributed by atoms with Gasteiger partial charge in [0.1, 0.15) is 16.5 Å². The molecule has 0 spiro atoms. The Morgan fingerprint density at radius 2 is 1.78 bits per heavy atom. The minimum atomic E-state index is -4.48. The van der Waals surface area contributed by atoms with E-state index in [1.54, 1.807) is 6.92 Å². The molecule has 174 valence electrons. The van der Waals surface area contributed by atoms with Crippen molar-refractivity contribution in [2.75, 3.05) is 25.6 Å². The lowest BCUT2D eigenvalue weighted by Crippen LogP contribution is -2.21. The van der Waals surface area contributed by atoms with Crippen LogP contribution in [0.1, 0.15) is 56.0 Å². The van der Waals surface area contributed by atoms with Gasteiger partial charge in [-0.15, -0.1) is 11.3 Å². The van der Waals surface area contributed by atoms with Crippen LogP contribution in [-0.4, -0.2) is 38.1 Å². The number of anilines is 1. The quantitative estimate of drug-likeness (QED) is 0.560. The van der Waals surface area contributed by atoms with E-state index in [2.05, 4.69) is 5.32 Å². The number of nitrogens with two attached hydrogens (primary N) is 1. The second-order valence-electron chi connectivity index (χ2n) is 6.75. The predicted molar refractivity (Wildman–Crippen MR) is 113 cm³/mol. The fraction of sp³-hybridized carbons (Fsp3) is 0.381. The molecular weight excluding hydrogens is 449 g/mol. The molecule has 2 aromatic rings. The second kappa shape index (κ2) is 10.6. The van der Waals surface area contributed by atoms with Crippen LogP contribution in [-0.2, 0) is 20.4 Å². The van der Waals surface area contributed by atoms with Crippen molar-refractivity contribution in [3.63, 3.8) is 0 Å². The van der Waals surface area contributed by atoms with E-state index in [-0.39, 0.29) is 34.2 Å². The molecule has 0 aliphatic heterocycles. The van der Waals surface area contributed by atoms with Gasteiger partial charge in [0.2, 0.25) is 5.91 Å². The number of carbonyl (C=O) groups excluding carboxylic acids is 3. The van der Waals surface area contributed by atoms with Crippen LogP contribution in [0.25, 0.3) is 0 Å². The van der Waals surface area contributed by atoms with E-state index < -0.39 is 35.5 Å². The van der Waals surface area contributed by atoms with Gasteiger partial charge < -0.3 is 20.5 Å². The van der Waals surface area contributed by atoms with Gasteiger partial charge in [-0.1, -0.05) is 19.1 Å². The molecule has 0 bridgehead atoms. The van der Waals surface area contributed by atoms with Gasteiger partial charge in [0.25, 0.3) is 0 Å². The fourth-order valence-corrected chi connectivity index (χ4v) is 4.13. The highest BCUT2D eigenvalue weighted by Gasteiger charge is 2.31. The summed E-state index contributed by atoms with van der Waals surface area (Å²) in [6.07, 6.45) is -4.19. The molecule has 32 heavy (non-hydrogen) atoms. The third-order valence-electron chi connectivity index (χ3n) is 4.67. The van der Waals surface area contributed by atoms with Gasteiger partial charge in [-0.05, 0) is 36.6 Å². The number of carbonyl (C=O) groups is 3. The number of esters is 2. The maximum absolute atomic E-state index is 12.9. The molecule has 0 aliphatic carbocycles. The summed E-state index contributed by atoms with van der Waals surface area (Å²) in [5.74, 6) is -2.77. The number of thiophene rings is 1. The number of nitrogens with one attached hydrogen (secondary N) is 1. The zero-order chi connectivity index (χ0) is 24.1. The number of hydrogen-bond donors (Lipinski definition) is 2. The highest BCUT2D eigenvalue weighted by molar-refractivity contribution is 7.18. The summed E-state index contributed by atoms with van der Waals surface area (Å²) in [4.78, 5) is 37.6. The highest BCUT2D eigenvalue weighted by Crippen LogP contribution is 2.36. The van der Waals surface area contributed by atoms with Crippen molar-refractivity contribution in [1.29, 1.82) is 0 Å². The summed E-state index contributed by atoms with van der Waals surface area (Å²) in [5.41, 5.74) is 5.18. The molecule has 1 amide bonds. The molecule has 0 saturated heterocycles. The summed E-state index contributed by atoms with van der Waals surface area (Å²) >= 11 is 0.849. The number of alkyl halides is 3. The summed E-state index contributed by atoms with van der Waals surface area (Å²) < 4.78 is 48.2. The average Bonchev–Trinajstić information content (AvgIpc) is 3.07. The van der Waals surface area contributed by atoms with Crippen LogP contribution in [0.5, 0.6) is 0 Å². The van der Waals surface area contributed by atoms with Crippen molar-refractivity contribution in [2.45, 2.75) is 32.4 Å². The largest absolute Gasteiger partial charge is 0.465 e. The van der Waals surface area contributed by atoms with Crippen LogP contribution in [0.4, 0.5) is 18.2 Å². The van der Waals surface area contributed by atoms with Crippen LogP contribution < -0.4 is 11.1 Å². The molecular formula is C21H23F3N2O5S. The Morgan fingerprint density at radius 1 is 1.16 bits per heavy atom. The molecule has 1 unspecified atom stereocenters. The van der Waals surface area contributed by atoms with Gasteiger partial charge in [0, 0.05) is 6.54 Å². The molecule has 0 aliphatic rings. The summed E-state index contributed by atoms with van der Waals surface area (Å²) in [5, 5.41) is 2.70. The molecule has 3 N–H and O–H groups in total. The number of benzene rings is 1. The van der Waals surface area contributed by atoms with E-state index in [1.165, 1.54) is 19.1 Å². The fourth-order valence-electron chi connectivity index (χ4n) is 3.04. The van der Waals surface area contributed by atoms with E-state index >= 15 is 0 Å². The van der Waals surface area contributed by atoms with Gasteiger partial charge in [-0.2, -0.15) is 13.2 Å². The number of methoxy groups -OCH3 is 1. The molecule has 1 aromatic heterocycles. The van der Waals surface area contributed by atoms with Crippen molar-refractivity contribution < 1.29 is 37.0 Å². The predicted octanol–water partition coefficient (Wildman–Crippen LogP) is 4.11. The summed E-state index contributed by atoms with van der Waals surface area (Å²) in [6, 6.07) is 4.30. The molecule has 7 nitrogen and oxygen atoms in total. The number of halogens is 3. The maximum atomic E-state index is 12.9. The van der Waals surface area contributed by atoms with Gasteiger partial charge in [0.15, 0.2) is 0 Å². The van der Waals surface area contributed by atoms with E-state index in [1.807, 2.05) is 0 Å². The Bertz CT molecular complexity index is 987. The summed E-state index contributed by atoms with van der Waals surface area (Å²) in [7, 11) is 1.16. The van der Waals surface area contributed by atoms with E-state index in [0.29, 0.717) is 12.0 Å². The first-order chi connectivity index (χ1) is 15.0. The standard InChI is InChI=1S/C21H23F3N2O5S/c1-4-14(12-5-7-13(8-6-12)21(22,23)24)17(27)26-18-15(19(28)30-3)11(2)16(32-18)20(29)31-10-9-25/h5-8,14H,4,9-10,25H2,1-3H3,(H,26,27). The normalized spacial score (nSPS) is 12.2. The van der Waals surface area contributed by atoms with Gasteiger partial charge in [-0.25, -0.2) is 9.59 Å². The lowest BCUT2D eigenvalue weighted by atomic mass is 9.94. The monoisotopic (exact) mass is 472 g/mol. The van der Waals surface area contributed by atoms with Crippen LogP contribution in [0, 0.1) is 6.92 Å². The number of hydrogen-bond acceptors (Lipinski definition) is 7. The Morgan fingerprint density at radius 3 is 2.28 bits per heavy atom. The molecule has 1 heterocycles. The number of ether oxygens (including phenoxy) is 2. The van der Waals surface area contributed by atoms with Crippen molar-refractivity contribution in [1.82, 2.24) is 0 Å². The van der Waals surface area contributed by atoms with Crippen LogP contribution >= 0.6 is 11.3 Å². The highest BCUT2D eigenvalue weighted by atomic mass is 32.1. The SMILES string of the molecule is CCC(C(=O)Nc1sc(C(=O)OCCN)c(C)c1C(=O)OC)c1ccc(C(F)(F)F)cc1. The molecule has 11 heteroatoms. The van der Waals surface area contributed by atoms with E-state index in [4.69, 9.17) is 15.2 Å². The average molecular weight is 472 g/mol. The Kier molecular flexibility index (Phi) is 8.39. The first-order valence-corrected chi connectivity index (χ1v) is 10.4. The van der Waals surface area contributed by atoms with E-state index in [0.717, 1.165) is 30.6 Å². The first kappa shape index (κ1) is 25.3. The molecule has 1 aromatic carbocycles. The number of amides is 1. The third-order valence-corrected chi connectivity index (χ3v) is 5.86. The zero-order valence-electron chi connectivity index (χ0n) is 17.7. The molecule has 0 saturated carbocycles. The smallest absolute Gasteiger partial charge is 0.416 e. The molecule has 0 fully saturated rings. The lowest BCUT2D eigenvalue weighted by Gasteiger charge is -2.16. The minimum Gasteiger partial charge on any atom is -0.465 e. The second-order valence-corrected chi connectivity index (χ2v) is 7.77. The Hall–Kier alpha value is -2.92. The van der Waals surface area contributed by atoms with Crippen molar-refractivity contribution in [2.24, 2.45) is 5.73 Å². The molecule has 0 radical (unpaired) electrons. The van der Waals surface area contributed by atoms with Gasteiger partial charge in [-0.3, -0.25) is 4.79 Å². The maximum Gasteiger partial charge on any atom is 0.416 e. The van der Waals surface area contributed by atoms with Crippen molar-refractivity contribution in [3.8, 4) is 0 Å². The molecule has 1 atom stereocenters. The van der Waals surface area contributed by atoms with Crippen molar-refractivity contribution >= 4 is 34.2 Å².